The molecule has 0 saturated carbocycles. The molecule has 0 radical (unpaired) electrons. The Morgan fingerprint density at radius 2 is 0.560 bits per heavy atom. The number of unbranched alkanes of at least 4 members (excludes halogenated alkanes) is 6. The number of rotatable bonds is 18. The van der Waals surface area contributed by atoms with Gasteiger partial charge in [0.05, 0.1) is 0 Å². The molecular weight excluding hydrogens is 601 g/mol. The van der Waals surface area contributed by atoms with Gasteiger partial charge in [-0.1, -0.05) is 130 Å². The van der Waals surface area contributed by atoms with Gasteiger partial charge in [0, 0.05) is 0 Å². The summed E-state index contributed by atoms with van der Waals surface area (Å²) >= 11 is 0. The zero-order chi connectivity index (χ0) is 34.8. The lowest BCUT2D eigenvalue weighted by molar-refractivity contribution is 0.668. The molecule has 0 aliphatic carbocycles. The monoisotopic (exact) mass is 662 g/mol. The molecule has 0 heteroatoms. The van der Waals surface area contributed by atoms with Gasteiger partial charge in [-0.2, -0.15) is 0 Å². The third-order valence-electron chi connectivity index (χ3n) is 12.0. The van der Waals surface area contributed by atoms with Crippen molar-refractivity contribution in [2.24, 2.45) is 0 Å². The van der Waals surface area contributed by atoms with Gasteiger partial charge in [-0.15, -0.1) is 0 Å². The van der Waals surface area contributed by atoms with Crippen LogP contribution in [0.4, 0.5) is 0 Å². The van der Waals surface area contributed by atoms with E-state index in [2.05, 4.69) is 90.1 Å². The van der Waals surface area contributed by atoms with Crippen molar-refractivity contribution < 1.29 is 0 Å². The Kier molecular flexibility index (Phi) is 10.8. The second-order valence-electron chi connectivity index (χ2n) is 15.8. The molecule has 7 aromatic carbocycles. The van der Waals surface area contributed by atoms with Gasteiger partial charge < -0.3 is 0 Å². The molecule has 0 heterocycles. The van der Waals surface area contributed by atoms with Crippen LogP contribution in [-0.4, -0.2) is 0 Å². The molecule has 0 saturated heterocycles. The Hall–Kier alpha value is -3.38. The lowest BCUT2D eigenvalue weighted by atomic mass is 9.75. The van der Waals surface area contributed by atoms with Gasteiger partial charge in [-0.3, -0.25) is 0 Å². The average Bonchev–Trinajstić information content (AvgIpc) is 3.10. The molecule has 0 atom stereocenters. The lowest BCUT2D eigenvalue weighted by Crippen LogP contribution is -2.05. The average molecular weight is 663 g/mol. The highest BCUT2D eigenvalue weighted by molar-refractivity contribution is 6.40. The molecule has 0 bridgehead atoms. The topological polar surface area (TPSA) is 0 Å². The fraction of sp³-hybridized carbons (Fsp3) is 0.480. The van der Waals surface area contributed by atoms with Crippen molar-refractivity contribution in [2.75, 3.05) is 0 Å². The second-order valence-corrected chi connectivity index (χ2v) is 15.8. The summed E-state index contributed by atoms with van der Waals surface area (Å²) in [6, 6.07) is 20.6. The maximum absolute atomic E-state index is 2.59. The third-order valence-corrected chi connectivity index (χ3v) is 12.0. The Bertz CT molecular complexity index is 1920. The highest BCUT2D eigenvalue weighted by Gasteiger charge is 2.27. The fourth-order valence-electron chi connectivity index (χ4n) is 9.60. The van der Waals surface area contributed by atoms with Gasteiger partial charge in [0.2, 0.25) is 0 Å². The minimum absolute atomic E-state index is 1.18. The predicted molar refractivity (Wildman–Crippen MR) is 226 cm³/mol. The first-order valence-electron chi connectivity index (χ1n) is 21.0. The second kappa shape index (κ2) is 15.5. The van der Waals surface area contributed by atoms with Crippen molar-refractivity contribution in [1.82, 2.24) is 0 Å². The van der Waals surface area contributed by atoms with Crippen molar-refractivity contribution in [1.29, 1.82) is 0 Å². The van der Waals surface area contributed by atoms with Crippen LogP contribution in [0.5, 0.6) is 0 Å². The van der Waals surface area contributed by atoms with Crippen LogP contribution in [0.25, 0.3) is 64.6 Å². The van der Waals surface area contributed by atoms with Crippen LogP contribution in [0.15, 0.2) is 48.5 Å². The highest BCUT2D eigenvalue weighted by Crippen LogP contribution is 2.52. The molecule has 0 aliphatic heterocycles. The van der Waals surface area contributed by atoms with Crippen LogP contribution in [-0.2, 0) is 38.5 Å². The quantitative estimate of drug-likeness (QED) is 0.0802. The SMILES string of the molecule is CCCCCCc1c2c3cc4cc(CCC)c(CCC)cc4cc3c2c(CCCCCC)c2c3cc4cc(CCC)c(CCC)cc4cc3c12. The van der Waals surface area contributed by atoms with Crippen LogP contribution in [0, 0.1) is 0 Å². The first kappa shape index (κ1) is 35.0. The number of hydrogen-bond acceptors (Lipinski definition) is 0. The van der Waals surface area contributed by atoms with E-state index in [4.69, 9.17) is 0 Å². The third kappa shape index (κ3) is 6.24. The van der Waals surface area contributed by atoms with Crippen LogP contribution in [0.1, 0.15) is 152 Å². The van der Waals surface area contributed by atoms with Gasteiger partial charge in [-0.25, -0.2) is 0 Å². The molecule has 0 fully saturated rings. The molecule has 0 amide bonds. The summed E-state index contributed by atoms with van der Waals surface area (Å²) in [4.78, 5) is 0. The molecule has 262 valence electrons. The molecule has 0 nitrogen and oxygen atoms in total. The zero-order valence-corrected chi connectivity index (χ0v) is 32.3. The molecule has 7 rings (SSSR count). The van der Waals surface area contributed by atoms with E-state index in [1.54, 1.807) is 54.9 Å². The molecule has 50 heavy (non-hydrogen) atoms. The summed E-state index contributed by atoms with van der Waals surface area (Å²) < 4.78 is 0. The molecule has 0 aliphatic rings. The summed E-state index contributed by atoms with van der Waals surface area (Å²) in [6.45, 7) is 14.0. The van der Waals surface area contributed by atoms with Gasteiger partial charge in [-0.05, 0) is 174 Å². The van der Waals surface area contributed by atoms with Crippen LogP contribution < -0.4 is 0 Å². The van der Waals surface area contributed by atoms with E-state index in [1.165, 1.54) is 159 Å². The Morgan fingerprint density at radius 3 is 0.800 bits per heavy atom. The molecule has 0 N–H and O–H groups in total. The summed E-state index contributed by atoms with van der Waals surface area (Å²) in [5, 5.41) is 18.4. The summed E-state index contributed by atoms with van der Waals surface area (Å²) in [6.07, 6.45) is 22.4. The van der Waals surface area contributed by atoms with Crippen LogP contribution in [0.2, 0.25) is 0 Å². The first-order valence-corrected chi connectivity index (χ1v) is 21.0. The van der Waals surface area contributed by atoms with E-state index in [9.17, 15) is 0 Å². The summed E-state index contributed by atoms with van der Waals surface area (Å²) in [5.74, 6) is 0. The Balaban J connectivity index is 1.52. The Labute approximate surface area is 302 Å². The summed E-state index contributed by atoms with van der Waals surface area (Å²) in [5.41, 5.74) is 9.60. The van der Waals surface area contributed by atoms with E-state index in [-0.39, 0.29) is 0 Å². The number of aryl methyl sites for hydroxylation is 6. The van der Waals surface area contributed by atoms with E-state index in [1.807, 2.05) is 0 Å². The number of benzene rings is 5. The molecular formula is C50H62. The number of hydrogen-bond donors (Lipinski definition) is 0. The van der Waals surface area contributed by atoms with E-state index >= 15 is 0 Å². The lowest BCUT2D eigenvalue weighted by Gasteiger charge is -2.28. The van der Waals surface area contributed by atoms with Gasteiger partial charge in [0.15, 0.2) is 0 Å². The maximum Gasteiger partial charge on any atom is -0.00572 e. The van der Waals surface area contributed by atoms with Gasteiger partial charge in [0.25, 0.3) is 0 Å². The Morgan fingerprint density at radius 1 is 0.280 bits per heavy atom. The molecule has 0 aromatic heterocycles. The van der Waals surface area contributed by atoms with E-state index in [0.29, 0.717) is 0 Å². The predicted octanol–water partition coefficient (Wildman–Crippen LogP) is 15.5. The maximum atomic E-state index is 2.59. The van der Waals surface area contributed by atoms with Crippen molar-refractivity contribution in [2.45, 2.75) is 157 Å². The van der Waals surface area contributed by atoms with Crippen LogP contribution >= 0.6 is 0 Å². The van der Waals surface area contributed by atoms with E-state index < -0.39 is 0 Å². The smallest absolute Gasteiger partial charge is 0.00572 e. The zero-order valence-electron chi connectivity index (χ0n) is 32.3. The van der Waals surface area contributed by atoms with E-state index in [0.717, 1.165) is 0 Å². The molecule has 0 spiro atoms. The summed E-state index contributed by atoms with van der Waals surface area (Å²) in [7, 11) is 0. The highest BCUT2D eigenvalue weighted by atomic mass is 14.3. The normalized spacial score (nSPS) is 12.4. The van der Waals surface area contributed by atoms with Crippen molar-refractivity contribution in [3.63, 3.8) is 0 Å². The minimum atomic E-state index is 1.18. The standard InChI is InChI=1S/C50H62/c1-7-13-15-17-23-41-47-43-29-37-25-33(19-9-3)35(21-11-5)27-39(37)31-45(43)49(47)42(24-18-16-14-8-2)50-46-32-40-28-36(22-12-6)34(20-10-4)26-38(40)30-44(46)48(41)50/h25-32H,7-24H2,1-6H3. The van der Waals surface area contributed by atoms with Gasteiger partial charge in [0.1, 0.15) is 0 Å². The molecule has 7 aromatic rings. The van der Waals surface area contributed by atoms with Crippen molar-refractivity contribution in [3.8, 4) is 0 Å². The molecule has 0 unspecified atom stereocenters. The minimum Gasteiger partial charge on any atom is -0.0654 e. The van der Waals surface area contributed by atoms with Crippen molar-refractivity contribution in [3.05, 3.63) is 81.9 Å². The van der Waals surface area contributed by atoms with Crippen molar-refractivity contribution >= 4 is 64.6 Å². The van der Waals surface area contributed by atoms with Crippen LogP contribution in [0.3, 0.4) is 0 Å². The largest absolute Gasteiger partial charge is 0.0654 e. The number of fused-ring (bicyclic) bond motifs is 10. The van der Waals surface area contributed by atoms with Gasteiger partial charge >= 0.3 is 0 Å². The first-order chi connectivity index (χ1) is 24.6. The fourth-order valence-corrected chi connectivity index (χ4v) is 9.60.